The van der Waals surface area contributed by atoms with E-state index in [4.69, 9.17) is 10.5 Å². The number of Topliss-reactive ketones (excluding diaryl/α,β-unsaturated/α-hetero) is 1. The summed E-state index contributed by atoms with van der Waals surface area (Å²) in [6.07, 6.45) is 5.20. The van der Waals surface area contributed by atoms with Gasteiger partial charge in [-0.25, -0.2) is 4.98 Å². The number of ether oxygens (including phenoxy) is 1. The van der Waals surface area contributed by atoms with Crippen LogP contribution in [0.4, 0.5) is 0 Å². The first-order valence-corrected chi connectivity index (χ1v) is 5.81. The molecule has 82 valence electrons. The van der Waals surface area contributed by atoms with Gasteiger partial charge in [0.2, 0.25) is 0 Å². The van der Waals surface area contributed by atoms with Crippen LogP contribution in [0.2, 0.25) is 0 Å². The Balaban J connectivity index is 2.19. The van der Waals surface area contributed by atoms with E-state index in [2.05, 4.69) is 4.98 Å². The largest absolute Gasteiger partial charge is 0.473 e. The minimum atomic E-state index is -0.655. The SMILES string of the molecule is COc1ncc(C(=O)C2(N)CCCC2)s1. The van der Waals surface area contributed by atoms with Crippen LogP contribution < -0.4 is 10.5 Å². The van der Waals surface area contributed by atoms with Gasteiger partial charge < -0.3 is 10.5 Å². The lowest BCUT2D eigenvalue weighted by molar-refractivity contribution is 0.0896. The van der Waals surface area contributed by atoms with E-state index in [9.17, 15) is 4.79 Å². The molecule has 0 radical (unpaired) electrons. The molecule has 1 aliphatic rings. The predicted molar refractivity (Wildman–Crippen MR) is 58.4 cm³/mol. The third kappa shape index (κ3) is 1.89. The molecule has 0 spiro atoms. The molecule has 0 unspecified atom stereocenters. The molecular weight excluding hydrogens is 212 g/mol. The molecule has 5 heteroatoms. The standard InChI is InChI=1S/C10H14N2O2S/c1-14-9-12-6-7(15-9)8(13)10(11)4-2-3-5-10/h6H,2-5,11H2,1H3. The molecule has 0 aromatic carbocycles. The highest BCUT2D eigenvalue weighted by atomic mass is 32.1. The Bertz CT molecular complexity index is 369. The summed E-state index contributed by atoms with van der Waals surface area (Å²) in [5.74, 6) is 0.0146. The van der Waals surface area contributed by atoms with Gasteiger partial charge in [-0.3, -0.25) is 4.79 Å². The molecule has 4 nitrogen and oxygen atoms in total. The minimum Gasteiger partial charge on any atom is -0.473 e. The molecule has 0 saturated heterocycles. The second-order valence-electron chi connectivity index (χ2n) is 3.89. The predicted octanol–water partition coefficient (Wildman–Crippen LogP) is 1.61. The molecule has 0 atom stereocenters. The van der Waals surface area contributed by atoms with Crippen molar-refractivity contribution < 1.29 is 9.53 Å². The van der Waals surface area contributed by atoms with E-state index >= 15 is 0 Å². The van der Waals surface area contributed by atoms with Gasteiger partial charge in [0.25, 0.3) is 5.19 Å². The van der Waals surface area contributed by atoms with Gasteiger partial charge in [0.1, 0.15) is 0 Å². The second kappa shape index (κ2) is 3.90. The maximum Gasteiger partial charge on any atom is 0.273 e. The highest BCUT2D eigenvalue weighted by Crippen LogP contribution is 2.32. The van der Waals surface area contributed by atoms with E-state index in [1.807, 2.05) is 0 Å². The van der Waals surface area contributed by atoms with Crippen LogP contribution in [0.15, 0.2) is 6.20 Å². The molecule has 15 heavy (non-hydrogen) atoms. The first-order valence-electron chi connectivity index (χ1n) is 4.99. The number of aromatic nitrogens is 1. The highest BCUT2D eigenvalue weighted by molar-refractivity contribution is 7.15. The van der Waals surface area contributed by atoms with E-state index in [1.54, 1.807) is 13.3 Å². The third-order valence-corrected chi connectivity index (χ3v) is 3.79. The molecule has 1 aliphatic carbocycles. The number of carbonyl (C=O) groups excluding carboxylic acids is 1. The van der Waals surface area contributed by atoms with Gasteiger partial charge in [-0.15, -0.1) is 0 Å². The first kappa shape index (κ1) is 10.6. The molecule has 1 aromatic heterocycles. The Hall–Kier alpha value is -0.940. The summed E-state index contributed by atoms with van der Waals surface area (Å²) in [5.41, 5.74) is 5.42. The van der Waals surface area contributed by atoms with E-state index in [1.165, 1.54) is 11.3 Å². The van der Waals surface area contributed by atoms with E-state index in [0.717, 1.165) is 25.7 Å². The van der Waals surface area contributed by atoms with Crippen LogP contribution in [0.5, 0.6) is 5.19 Å². The molecule has 0 aliphatic heterocycles. The first-order chi connectivity index (χ1) is 7.15. The van der Waals surface area contributed by atoms with E-state index in [0.29, 0.717) is 10.1 Å². The number of carbonyl (C=O) groups is 1. The van der Waals surface area contributed by atoms with Crippen LogP contribution >= 0.6 is 11.3 Å². The Morgan fingerprint density at radius 2 is 2.27 bits per heavy atom. The highest BCUT2D eigenvalue weighted by Gasteiger charge is 2.38. The normalized spacial score (nSPS) is 19.1. The Kier molecular flexibility index (Phi) is 2.75. The van der Waals surface area contributed by atoms with Crippen LogP contribution in [0.25, 0.3) is 0 Å². The molecule has 1 heterocycles. The molecule has 1 saturated carbocycles. The van der Waals surface area contributed by atoms with Gasteiger partial charge >= 0.3 is 0 Å². The summed E-state index contributed by atoms with van der Waals surface area (Å²) in [7, 11) is 1.54. The van der Waals surface area contributed by atoms with Gasteiger partial charge in [0.05, 0.1) is 23.7 Å². The molecule has 0 bridgehead atoms. The van der Waals surface area contributed by atoms with Crippen molar-refractivity contribution in [1.29, 1.82) is 0 Å². The molecule has 1 fully saturated rings. The molecular formula is C10H14N2O2S. The average Bonchev–Trinajstić information content (AvgIpc) is 2.85. The number of nitrogens with two attached hydrogens (primary N) is 1. The van der Waals surface area contributed by atoms with Gasteiger partial charge in [0, 0.05) is 0 Å². The lowest BCUT2D eigenvalue weighted by Gasteiger charge is -2.20. The van der Waals surface area contributed by atoms with Crippen molar-refractivity contribution in [1.82, 2.24) is 4.98 Å². The smallest absolute Gasteiger partial charge is 0.273 e. The monoisotopic (exact) mass is 226 g/mol. The molecule has 1 aromatic rings. The molecule has 2 rings (SSSR count). The minimum absolute atomic E-state index is 0.0146. The maximum absolute atomic E-state index is 12.1. The van der Waals surface area contributed by atoms with Gasteiger partial charge in [-0.2, -0.15) is 0 Å². The van der Waals surface area contributed by atoms with Gasteiger partial charge in [0.15, 0.2) is 5.78 Å². The van der Waals surface area contributed by atoms with E-state index in [-0.39, 0.29) is 5.78 Å². The van der Waals surface area contributed by atoms with Crippen molar-refractivity contribution in [3.8, 4) is 5.19 Å². The number of hydrogen-bond donors (Lipinski definition) is 1. The summed E-state index contributed by atoms with van der Waals surface area (Å²) in [5, 5.41) is 0.514. The van der Waals surface area contributed by atoms with Crippen molar-refractivity contribution in [2.75, 3.05) is 7.11 Å². The summed E-state index contributed by atoms with van der Waals surface area (Å²) >= 11 is 1.26. The lowest BCUT2D eigenvalue weighted by Crippen LogP contribution is -2.44. The van der Waals surface area contributed by atoms with Crippen molar-refractivity contribution in [3.05, 3.63) is 11.1 Å². The fourth-order valence-electron chi connectivity index (χ4n) is 1.94. The van der Waals surface area contributed by atoms with Crippen LogP contribution in [0.3, 0.4) is 0 Å². The zero-order valence-electron chi connectivity index (χ0n) is 8.66. The Morgan fingerprint density at radius 1 is 1.60 bits per heavy atom. The van der Waals surface area contributed by atoms with Crippen LogP contribution in [-0.2, 0) is 0 Å². The Morgan fingerprint density at radius 3 is 2.80 bits per heavy atom. The fraction of sp³-hybridized carbons (Fsp3) is 0.600. The van der Waals surface area contributed by atoms with Gasteiger partial charge in [-0.05, 0) is 12.8 Å². The number of hydrogen-bond acceptors (Lipinski definition) is 5. The average molecular weight is 226 g/mol. The van der Waals surface area contributed by atoms with Crippen molar-refractivity contribution in [2.24, 2.45) is 5.73 Å². The van der Waals surface area contributed by atoms with Crippen molar-refractivity contribution in [2.45, 2.75) is 31.2 Å². The number of ketones is 1. The molecule has 2 N–H and O–H groups in total. The zero-order chi connectivity index (χ0) is 10.9. The molecule has 0 amide bonds. The number of nitrogens with zero attached hydrogens (tertiary/aromatic N) is 1. The second-order valence-corrected chi connectivity index (χ2v) is 4.88. The number of thiazole rings is 1. The maximum atomic E-state index is 12.1. The lowest BCUT2D eigenvalue weighted by atomic mass is 9.93. The van der Waals surface area contributed by atoms with Gasteiger partial charge in [-0.1, -0.05) is 24.2 Å². The summed E-state index contributed by atoms with van der Waals surface area (Å²) < 4.78 is 4.95. The van der Waals surface area contributed by atoms with Crippen LogP contribution in [0, 0.1) is 0 Å². The summed E-state index contributed by atoms with van der Waals surface area (Å²) in [6, 6.07) is 0. The van der Waals surface area contributed by atoms with Crippen LogP contribution in [-0.4, -0.2) is 23.4 Å². The number of rotatable bonds is 3. The Labute approximate surface area is 92.5 Å². The van der Waals surface area contributed by atoms with E-state index < -0.39 is 5.54 Å². The zero-order valence-corrected chi connectivity index (χ0v) is 9.47. The third-order valence-electron chi connectivity index (χ3n) is 2.83. The number of methoxy groups -OCH3 is 1. The van der Waals surface area contributed by atoms with Crippen molar-refractivity contribution in [3.63, 3.8) is 0 Å². The quantitative estimate of drug-likeness (QED) is 0.795. The van der Waals surface area contributed by atoms with Crippen molar-refractivity contribution >= 4 is 17.1 Å². The summed E-state index contributed by atoms with van der Waals surface area (Å²) in [6.45, 7) is 0. The summed E-state index contributed by atoms with van der Waals surface area (Å²) in [4.78, 5) is 16.7. The topological polar surface area (TPSA) is 65.2 Å². The van der Waals surface area contributed by atoms with Crippen LogP contribution in [0.1, 0.15) is 35.4 Å². The fourth-order valence-corrected chi connectivity index (χ4v) is 2.71.